The Labute approximate surface area is 90.6 Å². The number of aliphatic hydroxyl groups excluding tert-OH is 1. The molecule has 1 aromatic carbocycles. The van der Waals surface area contributed by atoms with Crippen molar-refractivity contribution >= 4 is 0 Å². The van der Waals surface area contributed by atoms with Gasteiger partial charge >= 0.3 is 0 Å². The highest BCUT2D eigenvalue weighted by molar-refractivity contribution is 5.33. The summed E-state index contributed by atoms with van der Waals surface area (Å²) < 4.78 is 11.0. The molecule has 0 fully saturated rings. The fraction of sp³-hybridized carbons (Fsp3) is 0.500. The maximum Gasteiger partial charge on any atom is 0.126 e. The highest BCUT2D eigenvalue weighted by Gasteiger charge is 2.18. The zero-order valence-corrected chi connectivity index (χ0v) is 9.49. The molecule has 0 spiro atoms. The van der Waals surface area contributed by atoms with Gasteiger partial charge in [0.05, 0.1) is 13.2 Å². The molecule has 0 unspecified atom stereocenters. The number of benzene rings is 1. The molecule has 0 atom stereocenters. The van der Waals surface area contributed by atoms with E-state index in [1.165, 1.54) is 0 Å². The van der Waals surface area contributed by atoms with Crippen molar-refractivity contribution in [2.45, 2.75) is 26.4 Å². The van der Waals surface area contributed by atoms with Crippen molar-refractivity contribution in [1.29, 1.82) is 0 Å². The molecule has 0 saturated carbocycles. The fourth-order valence-electron chi connectivity index (χ4n) is 1.15. The second-order valence-corrected chi connectivity index (χ2v) is 3.93. The normalized spacial score (nSPS) is 11.2. The predicted octanol–water partition coefficient (Wildman–Crippen LogP) is 2.24. The first-order chi connectivity index (χ1) is 7.07. The quantitative estimate of drug-likeness (QED) is 0.810. The van der Waals surface area contributed by atoms with Gasteiger partial charge in [0.25, 0.3) is 0 Å². The van der Waals surface area contributed by atoms with E-state index < -0.39 is 5.60 Å². The Morgan fingerprint density at radius 3 is 2.53 bits per heavy atom. The Morgan fingerprint density at radius 1 is 1.27 bits per heavy atom. The van der Waals surface area contributed by atoms with E-state index in [0.717, 1.165) is 5.75 Å². The SMILES string of the molecule is CCOc1cccc(OC(C)(C)CO)c1. The molecule has 3 heteroatoms. The van der Waals surface area contributed by atoms with Gasteiger partial charge in [-0.15, -0.1) is 0 Å². The van der Waals surface area contributed by atoms with E-state index in [1.807, 2.05) is 45.0 Å². The third-order valence-electron chi connectivity index (χ3n) is 1.89. The van der Waals surface area contributed by atoms with E-state index in [4.69, 9.17) is 14.6 Å². The van der Waals surface area contributed by atoms with E-state index in [-0.39, 0.29) is 6.61 Å². The molecule has 0 aliphatic carbocycles. The van der Waals surface area contributed by atoms with Gasteiger partial charge in [-0.2, -0.15) is 0 Å². The maximum absolute atomic E-state index is 9.07. The van der Waals surface area contributed by atoms with Crippen molar-refractivity contribution in [2.24, 2.45) is 0 Å². The summed E-state index contributed by atoms with van der Waals surface area (Å²) in [5.41, 5.74) is -0.565. The molecule has 0 aliphatic rings. The van der Waals surface area contributed by atoms with Crippen LogP contribution in [0.4, 0.5) is 0 Å². The van der Waals surface area contributed by atoms with Crippen LogP contribution in [0.25, 0.3) is 0 Å². The second kappa shape index (κ2) is 5.03. The van der Waals surface area contributed by atoms with Crippen LogP contribution in [0.5, 0.6) is 11.5 Å². The van der Waals surface area contributed by atoms with Crippen LogP contribution in [0.1, 0.15) is 20.8 Å². The molecule has 3 nitrogen and oxygen atoms in total. The molecular weight excluding hydrogens is 192 g/mol. The van der Waals surface area contributed by atoms with Gasteiger partial charge in [0.15, 0.2) is 0 Å². The van der Waals surface area contributed by atoms with Crippen LogP contribution in [0.15, 0.2) is 24.3 Å². The molecule has 0 heterocycles. The smallest absolute Gasteiger partial charge is 0.126 e. The molecule has 15 heavy (non-hydrogen) atoms. The van der Waals surface area contributed by atoms with Crippen molar-refractivity contribution < 1.29 is 14.6 Å². The molecule has 84 valence electrons. The Balaban J connectivity index is 2.73. The standard InChI is InChI=1S/C12H18O3/c1-4-14-10-6-5-7-11(8-10)15-12(2,3)9-13/h5-8,13H,4,9H2,1-3H3. The second-order valence-electron chi connectivity index (χ2n) is 3.93. The molecule has 0 saturated heterocycles. The minimum Gasteiger partial charge on any atom is -0.494 e. The maximum atomic E-state index is 9.07. The Morgan fingerprint density at radius 2 is 1.93 bits per heavy atom. The van der Waals surface area contributed by atoms with Gasteiger partial charge in [0, 0.05) is 6.07 Å². The van der Waals surface area contributed by atoms with Crippen molar-refractivity contribution in [3.05, 3.63) is 24.3 Å². The highest BCUT2D eigenvalue weighted by Crippen LogP contribution is 2.23. The van der Waals surface area contributed by atoms with Crippen LogP contribution in [0, 0.1) is 0 Å². The van der Waals surface area contributed by atoms with Crippen LogP contribution in [-0.4, -0.2) is 23.9 Å². The molecule has 0 bridgehead atoms. The van der Waals surface area contributed by atoms with Crippen molar-refractivity contribution in [3.8, 4) is 11.5 Å². The van der Waals surface area contributed by atoms with Crippen LogP contribution < -0.4 is 9.47 Å². The van der Waals surface area contributed by atoms with Crippen LogP contribution >= 0.6 is 0 Å². The number of hydrogen-bond acceptors (Lipinski definition) is 3. The van der Waals surface area contributed by atoms with Crippen LogP contribution in [0.3, 0.4) is 0 Å². The van der Waals surface area contributed by atoms with Crippen molar-refractivity contribution in [2.75, 3.05) is 13.2 Å². The summed E-state index contributed by atoms with van der Waals surface area (Å²) in [5.74, 6) is 1.49. The Bertz CT molecular complexity index is 307. The molecular formula is C12H18O3. The molecule has 0 radical (unpaired) electrons. The summed E-state index contributed by atoms with van der Waals surface area (Å²) in [6, 6.07) is 7.41. The van der Waals surface area contributed by atoms with Gasteiger partial charge < -0.3 is 14.6 Å². The fourth-order valence-corrected chi connectivity index (χ4v) is 1.15. The molecule has 0 aliphatic heterocycles. The lowest BCUT2D eigenvalue weighted by atomic mass is 10.1. The third-order valence-corrected chi connectivity index (χ3v) is 1.89. The monoisotopic (exact) mass is 210 g/mol. The van der Waals surface area contributed by atoms with E-state index in [0.29, 0.717) is 12.4 Å². The topological polar surface area (TPSA) is 38.7 Å². The first-order valence-electron chi connectivity index (χ1n) is 5.10. The summed E-state index contributed by atoms with van der Waals surface area (Å²) in [7, 11) is 0. The van der Waals surface area contributed by atoms with Gasteiger partial charge in [-0.1, -0.05) is 6.07 Å². The summed E-state index contributed by atoms with van der Waals surface area (Å²) in [6.07, 6.45) is 0. The van der Waals surface area contributed by atoms with E-state index >= 15 is 0 Å². The summed E-state index contributed by atoms with van der Waals surface area (Å²) in [6.45, 7) is 6.21. The zero-order chi connectivity index (χ0) is 11.3. The molecule has 1 rings (SSSR count). The van der Waals surface area contributed by atoms with E-state index in [9.17, 15) is 0 Å². The average molecular weight is 210 g/mol. The lowest BCUT2D eigenvalue weighted by molar-refractivity contribution is 0.0410. The van der Waals surface area contributed by atoms with Crippen molar-refractivity contribution in [3.63, 3.8) is 0 Å². The van der Waals surface area contributed by atoms with E-state index in [1.54, 1.807) is 0 Å². The molecule has 0 aromatic heterocycles. The number of rotatable bonds is 5. The Hall–Kier alpha value is -1.22. The van der Waals surface area contributed by atoms with Crippen LogP contribution in [-0.2, 0) is 0 Å². The number of hydrogen-bond donors (Lipinski definition) is 1. The molecule has 0 amide bonds. The van der Waals surface area contributed by atoms with Gasteiger partial charge in [-0.3, -0.25) is 0 Å². The Kier molecular flexibility index (Phi) is 3.97. The minimum atomic E-state index is -0.565. The summed E-state index contributed by atoms with van der Waals surface area (Å²) in [5, 5.41) is 9.07. The lowest BCUT2D eigenvalue weighted by Gasteiger charge is -2.24. The molecule has 1 aromatic rings. The van der Waals surface area contributed by atoms with Crippen molar-refractivity contribution in [1.82, 2.24) is 0 Å². The van der Waals surface area contributed by atoms with Crippen LogP contribution in [0.2, 0.25) is 0 Å². The summed E-state index contributed by atoms with van der Waals surface area (Å²) >= 11 is 0. The van der Waals surface area contributed by atoms with Gasteiger partial charge in [-0.25, -0.2) is 0 Å². The van der Waals surface area contributed by atoms with Gasteiger partial charge in [-0.05, 0) is 32.9 Å². The third kappa shape index (κ3) is 3.80. The number of ether oxygens (including phenoxy) is 2. The lowest BCUT2D eigenvalue weighted by Crippen LogP contribution is -2.32. The number of aliphatic hydroxyl groups is 1. The van der Waals surface area contributed by atoms with Gasteiger partial charge in [0.2, 0.25) is 0 Å². The average Bonchev–Trinajstić information content (AvgIpc) is 2.18. The first-order valence-corrected chi connectivity index (χ1v) is 5.10. The first kappa shape index (κ1) is 11.9. The predicted molar refractivity (Wildman–Crippen MR) is 59.4 cm³/mol. The summed E-state index contributed by atoms with van der Waals surface area (Å²) in [4.78, 5) is 0. The highest BCUT2D eigenvalue weighted by atomic mass is 16.5. The minimum absolute atomic E-state index is 0.0220. The molecule has 1 N–H and O–H groups in total. The van der Waals surface area contributed by atoms with Gasteiger partial charge in [0.1, 0.15) is 17.1 Å². The van der Waals surface area contributed by atoms with E-state index in [2.05, 4.69) is 0 Å². The zero-order valence-electron chi connectivity index (χ0n) is 9.49. The largest absolute Gasteiger partial charge is 0.494 e.